The predicted molar refractivity (Wildman–Crippen MR) is 139 cm³/mol. The summed E-state index contributed by atoms with van der Waals surface area (Å²) in [5.41, 5.74) is 0.361. The second-order valence-corrected chi connectivity index (χ2v) is 10.4. The van der Waals surface area contributed by atoms with Crippen molar-refractivity contribution in [2.45, 2.75) is 64.9 Å². The second-order valence-electron chi connectivity index (χ2n) is 10.4. The number of aliphatic hydroxyl groups is 1. The Kier molecular flexibility index (Phi) is 7.57. The van der Waals surface area contributed by atoms with Gasteiger partial charge in [0.05, 0.1) is 16.6 Å². The van der Waals surface area contributed by atoms with E-state index in [1.54, 1.807) is 18.2 Å². The van der Waals surface area contributed by atoms with Gasteiger partial charge in [0, 0.05) is 30.4 Å². The van der Waals surface area contributed by atoms with Crippen molar-refractivity contribution in [1.82, 2.24) is 9.55 Å². The van der Waals surface area contributed by atoms with Gasteiger partial charge in [-0.2, -0.15) is 0 Å². The van der Waals surface area contributed by atoms with Gasteiger partial charge in [0.2, 0.25) is 0 Å². The molecule has 0 atom stereocenters. The molecule has 0 saturated heterocycles. The lowest BCUT2D eigenvalue weighted by molar-refractivity contribution is -0.154. The van der Waals surface area contributed by atoms with Gasteiger partial charge in [-0.15, -0.1) is 0 Å². The number of carbonyl (C=O) groups is 2. The van der Waals surface area contributed by atoms with Crippen LogP contribution in [0.1, 0.15) is 64.3 Å². The number of aliphatic hydroxyl groups excluding tert-OH is 1. The molecule has 1 aliphatic rings. The SMILES string of the molecule is CC(C)(C)OC(=O)CCCCc1nc2cc(C(O)=CC(=O)C3CC3)ccc2c(=O)n1-c1ccc(F)cc1. The third-order valence-corrected chi connectivity index (χ3v) is 6.03. The highest BCUT2D eigenvalue weighted by Crippen LogP contribution is 2.31. The van der Waals surface area contributed by atoms with E-state index < -0.39 is 11.4 Å². The fourth-order valence-electron chi connectivity index (χ4n) is 4.06. The van der Waals surface area contributed by atoms with Crippen LogP contribution in [0.25, 0.3) is 22.3 Å². The van der Waals surface area contributed by atoms with E-state index in [1.807, 2.05) is 20.8 Å². The minimum absolute atomic E-state index is 0.0177. The topological polar surface area (TPSA) is 98.5 Å². The Hall–Kier alpha value is -3.81. The van der Waals surface area contributed by atoms with Crippen LogP contribution in [0.4, 0.5) is 4.39 Å². The fourth-order valence-corrected chi connectivity index (χ4v) is 4.06. The molecule has 1 fully saturated rings. The summed E-state index contributed by atoms with van der Waals surface area (Å²) in [4.78, 5) is 42.4. The lowest BCUT2D eigenvalue weighted by atomic mass is 10.1. The number of allylic oxidation sites excluding steroid dienone is 1. The third-order valence-electron chi connectivity index (χ3n) is 6.03. The van der Waals surface area contributed by atoms with E-state index in [-0.39, 0.29) is 35.4 Å². The summed E-state index contributed by atoms with van der Waals surface area (Å²) < 4.78 is 20.4. The summed E-state index contributed by atoms with van der Waals surface area (Å²) in [5, 5.41) is 10.8. The monoisotopic (exact) mass is 506 g/mol. The molecular formula is C29H31FN2O5. The number of esters is 1. The number of fused-ring (bicyclic) bond motifs is 1. The number of carbonyl (C=O) groups excluding carboxylic acids is 2. The number of ether oxygens (including phenoxy) is 1. The van der Waals surface area contributed by atoms with Crippen molar-refractivity contribution in [2.24, 2.45) is 5.92 Å². The first-order valence-corrected chi connectivity index (χ1v) is 12.5. The molecule has 0 spiro atoms. The lowest BCUT2D eigenvalue weighted by Gasteiger charge is -2.19. The number of ketones is 1. The molecule has 0 aliphatic heterocycles. The van der Waals surface area contributed by atoms with Crippen molar-refractivity contribution in [3.8, 4) is 5.69 Å². The summed E-state index contributed by atoms with van der Waals surface area (Å²) in [6.45, 7) is 5.44. The molecule has 1 N–H and O–H groups in total. The van der Waals surface area contributed by atoms with E-state index in [2.05, 4.69) is 0 Å². The van der Waals surface area contributed by atoms with Gasteiger partial charge >= 0.3 is 5.97 Å². The summed E-state index contributed by atoms with van der Waals surface area (Å²) >= 11 is 0. The number of aromatic nitrogens is 2. The molecule has 2 aromatic carbocycles. The van der Waals surface area contributed by atoms with E-state index in [0.717, 1.165) is 12.8 Å². The maximum atomic E-state index is 13.6. The molecule has 8 heteroatoms. The van der Waals surface area contributed by atoms with Gasteiger partial charge in [0.25, 0.3) is 5.56 Å². The van der Waals surface area contributed by atoms with Crippen LogP contribution in [0.5, 0.6) is 0 Å². The molecule has 37 heavy (non-hydrogen) atoms. The zero-order valence-electron chi connectivity index (χ0n) is 21.3. The van der Waals surface area contributed by atoms with E-state index in [9.17, 15) is 23.9 Å². The van der Waals surface area contributed by atoms with Gasteiger partial charge in [0.1, 0.15) is 23.0 Å². The van der Waals surface area contributed by atoms with E-state index in [1.165, 1.54) is 34.9 Å². The Balaban J connectivity index is 1.65. The van der Waals surface area contributed by atoms with E-state index in [4.69, 9.17) is 9.72 Å². The highest BCUT2D eigenvalue weighted by Gasteiger charge is 2.28. The Morgan fingerprint density at radius 2 is 1.84 bits per heavy atom. The largest absolute Gasteiger partial charge is 0.507 e. The van der Waals surface area contributed by atoms with Gasteiger partial charge in [-0.05, 0) is 82.9 Å². The molecule has 0 amide bonds. The molecule has 0 radical (unpaired) electrons. The highest BCUT2D eigenvalue weighted by molar-refractivity contribution is 5.98. The third kappa shape index (κ3) is 6.70. The van der Waals surface area contributed by atoms with Crippen LogP contribution in [-0.4, -0.2) is 32.0 Å². The molecule has 194 valence electrons. The van der Waals surface area contributed by atoms with Crippen LogP contribution in [0.2, 0.25) is 0 Å². The Bertz CT molecular complexity index is 1410. The van der Waals surface area contributed by atoms with Crippen molar-refractivity contribution >= 4 is 28.4 Å². The number of nitrogens with zero attached hydrogens (tertiary/aromatic N) is 2. The molecule has 1 saturated carbocycles. The first-order valence-electron chi connectivity index (χ1n) is 12.5. The minimum atomic E-state index is -0.555. The standard InChI is InChI=1S/C29H31FN2O5/c1-29(2,3)37-27(35)7-5-4-6-26-31-23-16-19(25(34)17-24(33)18-8-9-18)10-15-22(23)28(36)32(26)21-13-11-20(30)12-14-21/h10-18,34H,4-9H2,1-3H3. The lowest BCUT2D eigenvalue weighted by Crippen LogP contribution is -2.24. The van der Waals surface area contributed by atoms with Crippen LogP contribution in [0, 0.1) is 11.7 Å². The number of hydrogen-bond acceptors (Lipinski definition) is 6. The average Bonchev–Trinajstić information content (AvgIpc) is 3.67. The van der Waals surface area contributed by atoms with Crippen molar-refractivity contribution in [2.75, 3.05) is 0 Å². The fraction of sp³-hybridized carbons (Fsp3) is 0.379. The van der Waals surface area contributed by atoms with Gasteiger partial charge in [-0.25, -0.2) is 9.37 Å². The Morgan fingerprint density at radius 3 is 2.49 bits per heavy atom. The molecule has 1 heterocycles. The zero-order valence-corrected chi connectivity index (χ0v) is 21.3. The highest BCUT2D eigenvalue weighted by atomic mass is 19.1. The van der Waals surface area contributed by atoms with Crippen LogP contribution in [0.3, 0.4) is 0 Å². The zero-order chi connectivity index (χ0) is 26.7. The number of unbranched alkanes of at least 4 members (excludes halogenated alkanes) is 1. The molecule has 3 aromatic rings. The average molecular weight is 507 g/mol. The van der Waals surface area contributed by atoms with Crippen molar-refractivity contribution < 1.29 is 23.8 Å². The minimum Gasteiger partial charge on any atom is -0.507 e. The summed E-state index contributed by atoms with van der Waals surface area (Å²) in [7, 11) is 0. The summed E-state index contributed by atoms with van der Waals surface area (Å²) in [6, 6.07) is 10.3. The van der Waals surface area contributed by atoms with Crippen LogP contribution >= 0.6 is 0 Å². The number of hydrogen-bond donors (Lipinski definition) is 1. The number of rotatable bonds is 9. The predicted octanol–water partition coefficient (Wildman–Crippen LogP) is 5.46. The smallest absolute Gasteiger partial charge is 0.306 e. The Labute approximate surface area is 214 Å². The van der Waals surface area contributed by atoms with Crippen LogP contribution < -0.4 is 5.56 Å². The quantitative estimate of drug-likeness (QED) is 0.179. The summed E-state index contributed by atoms with van der Waals surface area (Å²) in [6.07, 6.45) is 4.64. The molecule has 7 nitrogen and oxygen atoms in total. The van der Waals surface area contributed by atoms with Crippen LogP contribution in [0.15, 0.2) is 53.3 Å². The Morgan fingerprint density at radius 1 is 1.14 bits per heavy atom. The molecule has 1 aromatic heterocycles. The van der Waals surface area contributed by atoms with Crippen molar-refractivity contribution in [3.05, 3.63) is 76.1 Å². The van der Waals surface area contributed by atoms with Gasteiger partial charge in [-0.1, -0.05) is 6.07 Å². The van der Waals surface area contributed by atoms with Gasteiger partial charge in [0.15, 0.2) is 5.78 Å². The first kappa shape index (κ1) is 26.3. The number of benzene rings is 2. The van der Waals surface area contributed by atoms with Crippen molar-refractivity contribution in [3.63, 3.8) is 0 Å². The first-order chi connectivity index (χ1) is 17.5. The molecule has 1 aliphatic carbocycles. The maximum absolute atomic E-state index is 13.6. The van der Waals surface area contributed by atoms with Gasteiger partial charge < -0.3 is 9.84 Å². The van der Waals surface area contributed by atoms with E-state index >= 15 is 0 Å². The second kappa shape index (κ2) is 10.7. The van der Waals surface area contributed by atoms with E-state index in [0.29, 0.717) is 47.2 Å². The molecule has 0 unspecified atom stereocenters. The van der Waals surface area contributed by atoms with Crippen molar-refractivity contribution in [1.29, 1.82) is 0 Å². The number of halogens is 1. The molecular weight excluding hydrogens is 475 g/mol. The normalized spacial score (nSPS) is 14.1. The maximum Gasteiger partial charge on any atom is 0.306 e. The van der Waals surface area contributed by atoms with Crippen LogP contribution in [-0.2, 0) is 20.7 Å². The summed E-state index contributed by atoms with van der Waals surface area (Å²) in [5.74, 6) is -0.552. The molecule has 0 bridgehead atoms. The molecule has 4 rings (SSSR count). The number of aryl methyl sites for hydroxylation is 1. The van der Waals surface area contributed by atoms with Gasteiger partial charge in [-0.3, -0.25) is 19.0 Å².